The van der Waals surface area contributed by atoms with E-state index >= 15 is 0 Å². The molecule has 0 fully saturated rings. The van der Waals surface area contributed by atoms with Crippen LogP contribution in [0.3, 0.4) is 0 Å². The lowest BCUT2D eigenvalue weighted by Gasteiger charge is -2.04. The van der Waals surface area contributed by atoms with Crippen LogP contribution in [0.15, 0.2) is 36.0 Å². The fourth-order valence-electron chi connectivity index (χ4n) is 2.63. The fourth-order valence-corrected chi connectivity index (χ4v) is 3.46. The van der Waals surface area contributed by atoms with E-state index in [4.69, 9.17) is 5.73 Å². The summed E-state index contributed by atoms with van der Waals surface area (Å²) in [4.78, 5) is 34.1. The number of benzene rings is 1. The van der Waals surface area contributed by atoms with Crippen LogP contribution in [-0.2, 0) is 4.79 Å². The molecule has 3 aromatic heterocycles. The number of nitrogens with zero attached hydrogens (tertiary/aromatic N) is 6. The van der Waals surface area contributed by atoms with Crippen molar-refractivity contribution in [3.63, 3.8) is 0 Å². The number of nitrogens with one attached hydrogen (secondary N) is 2. The number of rotatable bonds is 5. The van der Waals surface area contributed by atoms with Gasteiger partial charge in [-0.3, -0.25) is 14.9 Å². The molecule has 4 aromatic rings. The van der Waals surface area contributed by atoms with Gasteiger partial charge in [-0.25, -0.2) is 14.5 Å². The summed E-state index contributed by atoms with van der Waals surface area (Å²) in [6, 6.07) is 7.25. The Kier molecular flexibility index (Phi) is 4.48. The number of carbonyl (C=O) groups is 1. The second kappa shape index (κ2) is 7.12. The standard InChI is InChI=1S/C16H13N9O3S/c1-8(26)20-10-4-2-9(3-5-10)11-6-29-16-22-15(23-24(11)16)21-14-12(25(27)28)13(17)18-7-19-14/h2-7H,1H3,(H,20,26)(H3,17,18,19,21,23). The monoisotopic (exact) mass is 411 g/mol. The Morgan fingerprint density at radius 2 is 2.03 bits per heavy atom. The lowest BCUT2D eigenvalue weighted by atomic mass is 10.1. The summed E-state index contributed by atoms with van der Waals surface area (Å²) in [5, 5.41) is 22.9. The van der Waals surface area contributed by atoms with E-state index in [-0.39, 0.29) is 23.5 Å². The molecule has 0 saturated carbocycles. The summed E-state index contributed by atoms with van der Waals surface area (Å²) in [6.07, 6.45) is 1.12. The summed E-state index contributed by atoms with van der Waals surface area (Å²) in [7, 11) is 0. The summed E-state index contributed by atoms with van der Waals surface area (Å²) >= 11 is 1.36. The number of nitrogens with two attached hydrogens (primary N) is 1. The lowest BCUT2D eigenvalue weighted by molar-refractivity contribution is -0.383. The molecule has 0 radical (unpaired) electrons. The number of fused-ring (bicyclic) bond motifs is 1. The fraction of sp³-hybridized carbons (Fsp3) is 0.0625. The topological polar surface area (TPSA) is 166 Å². The second-order valence-corrected chi connectivity index (χ2v) is 6.68. The first-order valence-electron chi connectivity index (χ1n) is 8.16. The summed E-state index contributed by atoms with van der Waals surface area (Å²) in [5.41, 5.74) is 7.44. The molecule has 0 atom stereocenters. The molecule has 1 amide bonds. The van der Waals surface area contributed by atoms with Crippen LogP contribution in [0.2, 0.25) is 0 Å². The largest absolute Gasteiger partial charge is 0.378 e. The van der Waals surface area contributed by atoms with Gasteiger partial charge in [-0.05, 0) is 12.1 Å². The third kappa shape index (κ3) is 3.53. The molecule has 0 aliphatic rings. The summed E-state index contributed by atoms with van der Waals surface area (Å²) in [6.45, 7) is 1.44. The molecular weight excluding hydrogens is 398 g/mol. The number of amides is 1. The molecule has 4 rings (SSSR count). The van der Waals surface area contributed by atoms with Crippen molar-refractivity contribution in [2.24, 2.45) is 0 Å². The minimum absolute atomic E-state index is 0.0954. The molecule has 0 aliphatic carbocycles. The van der Waals surface area contributed by atoms with Crippen molar-refractivity contribution in [2.45, 2.75) is 6.92 Å². The van der Waals surface area contributed by atoms with Crippen LogP contribution in [0.25, 0.3) is 16.2 Å². The first kappa shape index (κ1) is 18.2. The highest BCUT2D eigenvalue weighted by Crippen LogP contribution is 2.30. The van der Waals surface area contributed by atoms with Gasteiger partial charge in [-0.1, -0.05) is 12.1 Å². The van der Waals surface area contributed by atoms with E-state index in [1.165, 1.54) is 18.3 Å². The predicted octanol–water partition coefficient (Wildman–Crippen LogP) is 2.44. The highest BCUT2D eigenvalue weighted by molar-refractivity contribution is 7.15. The Bertz CT molecular complexity index is 1230. The van der Waals surface area contributed by atoms with Gasteiger partial charge in [0.2, 0.25) is 28.5 Å². The number of carbonyl (C=O) groups excluding carboxylic acids is 1. The molecule has 0 spiro atoms. The van der Waals surface area contributed by atoms with E-state index in [2.05, 4.69) is 30.7 Å². The van der Waals surface area contributed by atoms with Crippen molar-refractivity contribution in [3.05, 3.63) is 46.1 Å². The minimum Gasteiger partial charge on any atom is -0.378 e. The molecule has 0 saturated heterocycles. The van der Waals surface area contributed by atoms with Gasteiger partial charge in [0, 0.05) is 23.6 Å². The molecule has 12 nitrogen and oxygen atoms in total. The van der Waals surface area contributed by atoms with Gasteiger partial charge < -0.3 is 16.4 Å². The molecule has 0 unspecified atom stereocenters. The van der Waals surface area contributed by atoms with Gasteiger partial charge in [0.1, 0.15) is 6.33 Å². The van der Waals surface area contributed by atoms with Crippen molar-refractivity contribution in [3.8, 4) is 11.3 Å². The molecule has 29 heavy (non-hydrogen) atoms. The van der Waals surface area contributed by atoms with Gasteiger partial charge in [0.15, 0.2) is 0 Å². The summed E-state index contributed by atoms with van der Waals surface area (Å²) in [5.74, 6) is -0.369. The van der Waals surface area contributed by atoms with E-state index in [9.17, 15) is 14.9 Å². The zero-order chi connectivity index (χ0) is 20.5. The van der Waals surface area contributed by atoms with Gasteiger partial charge in [0.25, 0.3) is 0 Å². The van der Waals surface area contributed by atoms with Crippen LogP contribution in [0.5, 0.6) is 0 Å². The maximum Gasteiger partial charge on any atom is 0.353 e. The Hall–Kier alpha value is -4.13. The molecular formula is C16H13N9O3S. The highest BCUT2D eigenvalue weighted by atomic mass is 32.1. The number of aromatic nitrogens is 5. The van der Waals surface area contributed by atoms with Crippen molar-refractivity contribution >= 4 is 51.2 Å². The maximum absolute atomic E-state index is 11.2. The number of hydrogen-bond donors (Lipinski definition) is 3. The zero-order valence-corrected chi connectivity index (χ0v) is 15.7. The van der Waals surface area contributed by atoms with Crippen molar-refractivity contribution in [1.29, 1.82) is 0 Å². The van der Waals surface area contributed by atoms with Crippen molar-refractivity contribution in [2.75, 3.05) is 16.4 Å². The lowest BCUT2D eigenvalue weighted by Crippen LogP contribution is -2.06. The quantitative estimate of drug-likeness (QED) is 0.330. The maximum atomic E-state index is 11.2. The zero-order valence-electron chi connectivity index (χ0n) is 14.9. The molecule has 3 heterocycles. The van der Waals surface area contributed by atoms with Gasteiger partial charge in [0.05, 0.1) is 10.6 Å². The first-order chi connectivity index (χ1) is 13.9. The Morgan fingerprint density at radius 1 is 1.28 bits per heavy atom. The Labute approximate surface area is 166 Å². The van der Waals surface area contributed by atoms with Crippen molar-refractivity contribution in [1.82, 2.24) is 24.6 Å². The molecule has 4 N–H and O–H groups in total. The van der Waals surface area contributed by atoms with E-state index in [0.29, 0.717) is 10.6 Å². The summed E-state index contributed by atoms with van der Waals surface area (Å²) < 4.78 is 1.61. The molecule has 13 heteroatoms. The van der Waals surface area contributed by atoms with Crippen LogP contribution in [-0.4, -0.2) is 35.4 Å². The van der Waals surface area contributed by atoms with Crippen LogP contribution >= 0.6 is 11.3 Å². The number of anilines is 4. The average Bonchev–Trinajstić information content (AvgIpc) is 3.22. The van der Waals surface area contributed by atoms with E-state index in [1.54, 1.807) is 16.6 Å². The number of nitro groups is 1. The van der Waals surface area contributed by atoms with Gasteiger partial charge in [-0.15, -0.1) is 16.4 Å². The third-order valence-corrected chi connectivity index (χ3v) is 4.66. The van der Waals surface area contributed by atoms with E-state index in [0.717, 1.165) is 17.6 Å². The van der Waals surface area contributed by atoms with Crippen LogP contribution in [0, 0.1) is 10.1 Å². The molecule has 146 valence electrons. The van der Waals surface area contributed by atoms with E-state index in [1.807, 2.05) is 17.5 Å². The second-order valence-electron chi connectivity index (χ2n) is 5.85. The smallest absolute Gasteiger partial charge is 0.353 e. The molecule has 0 aliphatic heterocycles. The minimum atomic E-state index is -0.668. The van der Waals surface area contributed by atoms with Crippen LogP contribution < -0.4 is 16.4 Å². The van der Waals surface area contributed by atoms with Gasteiger partial charge in [-0.2, -0.15) is 4.98 Å². The first-order valence-corrected chi connectivity index (χ1v) is 9.04. The van der Waals surface area contributed by atoms with Crippen LogP contribution in [0.1, 0.15) is 6.92 Å². The number of nitrogen functional groups attached to an aromatic ring is 1. The van der Waals surface area contributed by atoms with Crippen LogP contribution in [0.4, 0.5) is 29.0 Å². The Balaban J connectivity index is 1.66. The number of thiazole rings is 1. The third-order valence-electron chi connectivity index (χ3n) is 3.85. The van der Waals surface area contributed by atoms with Crippen molar-refractivity contribution < 1.29 is 9.72 Å². The molecule has 1 aromatic carbocycles. The normalized spacial score (nSPS) is 10.8. The van der Waals surface area contributed by atoms with E-state index < -0.39 is 10.6 Å². The predicted molar refractivity (Wildman–Crippen MR) is 107 cm³/mol. The number of hydrogen-bond acceptors (Lipinski definition) is 10. The highest BCUT2D eigenvalue weighted by Gasteiger charge is 2.22. The average molecular weight is 411 g/mol. The molecule has 0 bridgehead atoms. The van der Waals surface area contributed by atoms with Gasteiger partial charge >= 0.3 is 5.69 Å². The Morgan fingerprint density at radius 3 is 2.72 bits per heavy atom. The SMILES string of the molecule is CC(=O)Nc1ccc(-c2csc3nc(Nc4ncnc(N)c4[N+](=O)[O-])nn23)cc1.